The first-order valence-electron chi connectivity index (χ1n) is 10.8. The topological polar surface area (TPSA) is 80.2 Å². The SMILES string of the molecule is CCC1SC(=O)N(Cc2ccc(NC(=O)C(F)(F)C(F)(F)F)cc2)N=C1c1ccc(OC(F)F)c(OC)c1. The molecule has 206 valence electrons. The molecule has 3 rings (SSSR count). The molecule has 2 aromatic carbocycles. The van der Waals surface area contributed by atoms with Crippen LogP contribution in [0.2, 0.25) is 0 Å². The van der Waals surface area contributed by atoms with Crippen molar-refractivity contribution in [1.82, 2.24) is 5.01 Å². The number of amides is 2. The first-order valence-corrected chi connectivity index (χ1v) is 11.7. The summed E-state index contributed by atoms with van der Waals surface area (Å²) in [5.41, 5.74) is 1.06. The van der Waals surface area contributed by atoms with Gasteiger partial charge in [-0.25, -0.2) is 5.01 Å². The fourth-order valence-corrected chi connectivity index (χ4v) is 4.25. The number of nitrogens with zero attached hydrogens (tertiary/aromatic N) is 2. The van der Waals surface area contributed by atoms with E-state index in [9.17, 15) is 40.3 Å². The van der Waals surface area contributed by atoms with Gasteiger partial charge in [0.15, 0.2) is 11.5 Å². The number of nitrogens with one attached hydrogen (secondary N) is 1. The number of hydrazone groups is 1. The molecule has 0 saturated heterocycles. The molecule has 0 spiro atoms. The van der Waals surface area contributed by atoms with Crippen LogP contribution in [0.5, 0.6) is 11.5 Å². The Hall–Kier alpha value is -3.49. The Balaban J connectivity index is 1.81. The van der Waals surface area contributed by atoms with Crippen LogP contribution in [0.3, 0.4) is 0 Å². The third-order valence-corrected chi connectivity index (χ3v) is 6.47. The van der Waals surface area contributed by atoms with E-state index in [0.717, 1.165) is 28.9 Å². The minimum absolute atomic E-state index is 0.0301. The van der Waals surface area contributed by atoms with Crippen molar-refractivity contribution in [3.63, 3.8) is 0 Å². The number of hydrogen-bond donors (Lipinski definition) is 1. The van der Waals surface area contributed by atoms with Gasteiger partial charge in [0.05, 0.1) is 24.6 Å². The number of rotatable bonds is 9. The van der Waals surface area contributed by atoms with Crippen molar-refractivity contribution in [2.75, 3.05) is 12.4 Å². The van der Waals surface area contributed by atoms with Gasteiger partial charge < -0.3 is 14.8 Å². The Labute approximate surface area is 216 Å². The number of alkyl halides is 7. The van der Waals surface area contributed by atoms with Gasteiger partial charge in [-0.1, -0.05) is 30.8 Å². The third-order valence-electron chi connectivity index (χ3n) is 5.22. The molecule has 0 radical (unpaired) electrons. The lowest BCUT2D eigenvalue weighted by Gasteiger charge is -2.28. The van der Waals surface area contributed by atoms with Gasteiger partial charge in [-0.3, -0.25) is 9.59 Å². The van der Waals surface area contributed by atoms with Crippen LogP contribution in [-0.4, -0.2) is 52.9 Å². The van der Waals surface area contributed by atoms with Crippen LogP contribution in [0, 0.1) is 0 Å². The Bertz CT molecular complexity index is 1210. The van der Waals surface area contributed by atoms with Crippen LogP contribution in [0.1, 0.15) is 24.5 Å². The standard InChI is InChI=1S/C23H20F7N3O4S/c1-3-17-18(13-6-9-15(37-20(24)25)16(10-13)36-2)32-33(21(35)38-17)11-12-4-7-14(8-5-12)31-19(34)22(26,27)23(28,29)30/h4-10,17,20H,3,11H2,1-2H3,(H,31,34). The average Bonchev–Trinajstić information content (AvgIpc) is 2.85. The summed E-state index contributed by atoms with van der Waals surface area (Å²) >= 11 is 0.979. The zero-order valence-corrected chi connectivity index (χ0v) is 20.5. The normalized spacial score (nSPS) is 16.4. The number of halogens is 7. The molecule has 1 aliphatic rings. The smallest absolute Gasteiger partial charge is 0.463 e. The van der Waals surface area contributed by atoms with Crippen LogP contribution in [-0.2, 0) is 11.3 Å². The van der Waals surface area contributed by atoms with E-state index in [1.807, 2.05) is 6.92 Å². The molecule has 1 aliphatic heterocycles. The van der Waals surface area contributed by atoms with Crippen molar-refractivity contribution in [2.24, 2.45) is 5.10 Å². The highest BCUT2D eigenvalue weighted by molar-refractivity contribution is 8.14. The molecule has 7 nitrogen and oxygen atoms in total. The highest BCUT2D eigenvalue weighted by Crippen LogP contribution is 2.37. The second-order valence-electron chi connectivity index (χ2n) is 7.79. The molecule has 0 bridgehead atoms. The summed E-state index contributed by atoms with van der Waals surface area (Å²) in [6, 6.07) is 9.07. The fourth-order valence-electron chi connectivity index (χ4n) is 3.32. The maximum Gasteiger partial charge on any atom is 0.463 e. The fraction of sp³-hybridized carbons (Fsp3) is 0.348. The minimum Gasteiger partial charge on any atom is -0.493 e. The maximum atomic E-state index is 13.2. The zero-order chi connectivity index (χ0) is 28.3. The summed E-state index contributed by atoms with van der Waals surface area (Å²) in [6.45, 7) is -1.32. The molecule has 2 aromatic rings. The number of anilines is 1. The van der Waals surface area contributed by atoms with E-state index in [2.05, 4.69) is 9.84 Å². The van der Waals surface area contributed by atoms with E-state index in [0.29, 0.717) is 23.3 Å². The summed E-state index contributed by atoms with van der Waals surface area (Å²) in [5.74, 6) is -8.25. The molecule has 15 heteroatoms. The molecule has 0 aromatic heterocycles. The van der Waals surface area contributed by atoms with Crippen molar-refractivity contribution in [1.29, 1.82) is 0 Å². The minimum atomic E-state index is -6.05. The summed E-state index contributed by atoms with van der Waals surface area (Å²) in [7, 11) is 1.28. The highest BCUT2D eigenvalue weighted by Gasteiger charge is 2.63. The predicted molar refractivity (Wildman–Crippen MR) is 125 cm³/mol. The first-order chi connectivity index (χ1) is 17.8. The van der Waals surface area contributed by atoms with Crippen molar-refractivity contribution < 1.29 is 49.8 Å². The molecule has 1 heterocycles. The Morgan fingerprint density at radius 2 is 1.76 bits per heavy atom. The number of carbonyl (C=O) groups excluding carboxylic acids is 2. The van der Waals surface area contributed by atoms with Crippen LogP contribution >= 0.6 is 11.8 Å². The van der Waals surface area contributed by atoms with Crippen LogP contribution in [0.15, 0.2) is 47.6 Å². The lowest BCUT2D eigenvalue weighted by atomic mass is 10.0. The molecule has 2 amide bonds. The van der Waals surface area contributed by atoms with E-state index < -0.39 is 29.9 Å². The largest absolute Gasteiger partial charge is 0.493 e. The van der Waals surface area contributed by atoms with Crippen LogP contribution in [0.4, 0.5) is 41.2 Å². The third kappa shape index (κ3) is 6.49. The molecule has 38 heavy (non-hydrogen) atoms. The molecule has 0 saturated carbocycles. The summed E-state index contributed by atoms with van der Waals surface area (Å²) in [4.78, 5) is 24.0. The molecule has 1 atom stereocenters. The Morgan fingerprint density at radius 3 is 2.32 bits per heavy atom. The van der Waals surface area contributed by atoms with Gasteiger partial charge in [-0.05, 0) is 42.3 Å². The Kier molecular flexibility index (Phi) is 8.79. The van der Waals surface area contributed by atoms with Gasteiger partial charge in [-0.15, -0.1) is 0 Å². The summed E-state index contributed by atoms with van der Waals surface area (Å²) < 4.78 is 98.3. The molecule has 1 N–H and O–H groups in total. The molecular formula is C23H20F7N3O4S. The second kappa shape index (κ2) is 11.5. The van der Waals surface area contributed by atoms with E-state index in [1.165, 1.54) is 42.8 Å². The Morgan fingerprint density at radius 1 is 1.11 bits per heavy atom. The molecule has 0 fully saturated rings. The van der Waals surface area contributed by atoms with Crippen LogP contribution < -0.4 is 14.8 Å². The number of hydrogen-bond acceptors (Lipinski definition) is 6. The lowest BCUT2D eigenvalue weighted by Crippen LogP contribution is -2.47. The number of benzene rings is 2. The van der Waals surface area contributed by atoms with Crippen molar-refractivity contribution in [3.8, 4) is 11.5 Å². The van der Waals surface area contributed by atoms with E-state index in [1.54, 1.807) is 0 Å². The first kappa shape index (κ1) is 29.1. The molecular weight excluding hydrogens is 547 g/mol. The predicted octanol–water partition coefficient (Wildman–Crippen LogP) is 6.28. The van der Waals surface area contributed by atoms with E-state index in [-0.39, 0.29) is 29.0 Å². The zero-order valence-electron chi connectivity index (χ0n) is 19.7. The van der Waals surface area contributed by atoms with Gasteiger partial charge in [0, 0.05) is 11.3 Å². The van der Waals surface area contributed by atoms with Gasteiger partial charge in [0.1, 0.15) is 0 Å². The highest BCUT2D eigenvalue weighted by atomic mass is 32.2. The summed E-state index contributed by atoms with van der Waals surface area (Å²) in [6.07, 6.45) is -5.53. The van der Waals surface area contributed by atoms with Crippen molar-refractivity contribution in [3.05, 3.63) is 53.6 Å². The number of ether oxygens (including phenoxy) is 2. The van der Waals surface area contributed by atoms with Crippen molar-refractivity contribution in [2.45, 2.75) is 43.8 Å². The molecule has 0 aliphatic carbocycles. The van der Waals surface area contributed by atoms with Crippen molar-refractivity contribution >= 4 is 34.3 Å². The second-order valence-corrected chi connectivity index (χ2v) is 8.94. The number of carbonyl (C=O) groups is 2. The van der Waals surface area contributed by atoms with Crippen LogP contribution in [0.25, 0.3) is 0 Å². The number of thioether (sulfide) groups is 1. The quantitative estimate of drug-likeness (QED) is 0.361. The van der Waals surface area contributed by atoms with E-state index in [4.69, 9.17) is 4.74 Å². The molecule has 1 unspecified atom stereocenters. The monoisotopic (exact) mass is 567 g/mol. The van der Waals surface area contributed by atoms with Gasteiger partial charge >= 0.3 is 29.9 Å². The van der Waals surface area contributed by atoms with Gasteiger partial charge in [0.25, 0.3) is 0 Å². The maximum absolute atomic E-state index is 13.2. The average molecular weight is 567 g/mol. The number of methoxy groups -OCH3 is 1. The summed E-state index contributed by atoms with van der Waals surface area (Å²) in [5, 5.41) is 6.27. The van der Waals surface area contributed by atoms with Gasteiger partial charge in [-0.2, -0.15) is 35.8 Å². The van der Waals surface area contributed by atoms with Gasteiger partial charge in [0.2, 0.25) is 0 Å². The van der Waals surface area contributed by atoms with E-state index >= 15 is 0 Å². The lowest BCUT2D eigenvalue weighted by molar-refractivity contribution is -0.267.